The molecule has 0 aliphatic carbocycles. The van der Waals surface area contributed by atoms with Gasteiger partial charge in [0.1, 0.15) is 18.0 Å². The lowest BCUT2D eigenvalue weighted by Crippen LogP contribution is -2.27. The topological polar surface area (TPSA) is 99.9 Å². The third-order valence-electron chi connectivity index (χ3n) is 5.00. The highest BCUT2D eigenvalue weighted by Crippen LogP contribution is 2.48. The van der Waals surface area contributed by atoms with Crippen LogP contribution in [0.4, 0.5) is 0 Å². The minimum absolute atomic E-state index is 0.0307. The largest absolute Gasteiger partial charge is 0.527 e. The summed E-state index contributed by atoms with van der Waals surface area (Å²) in [7, 11) is -1.64. The molecule has 0 bridgehead atoms. The quantitative estimate of drug-likeness (QED) is 0.465. The number of benzene rings is 1. The molecule has 2 rings (SSSR count). The van der Waals surface area contributed by atoms with Gasteiger partial charge in [-0.1, -0.05) is 20.8 Å². The molecule has 0 spiro atoms. The summed E-state index contributed by atoms with van der Waals surface area (Å²) in [6, 6.07) is 5.31. The van der Waals surface area contributed by atoms with Gasteiger partial charge in [-0.05, 0) is 38.0 Å². The Morgan fingerprint density at radius 3 is 2.45 bits per heavy atom. The van der Waals surface area contributed by atoms with Gasteiger partial charge in [0.25, 0.3) is 0 Å². The van der Waals surface area contributed by atoms with Crippen molar-refractivity contribution in [2.24, 2.45) is 5.41 Å². The lowest BCUT2D eigenvalue weighted by Gasteiger charge is -2.20. The lowest BCUT2D eigenvalue weighted by atomic mass is 9.85. The van der Waals surface area contributed by atoms with Gasteiger partial charge in [-0.25, -0.2) is 4.57 Å². The van der Waals surface area contributed by atoms with E-state index < -0.39 is 13.2 Å². The van der Waals surface area contributed by atoms with Gasteiger partial charge in [-0.15, -0.1) is 0 Å². The molecule has 8 nitrogen and oxygen atoms in total. The van der Waals surface area contributed by atoms with Gasteiger partial charge in [-0.2, -0.15) is 5.10 Å². The number of carbonyl (C=O) groups excluding carboxylic acids is 1. The van der Waals surface area contributed by atoms with Crippen LogP contribution >= 0.6 is 7.82 Å². The summed E-state index contributed by atoms with van der Waals surface area (Å²) >= 11 is 0. The average molecular weight is 424 g/mol. The molecule has 0 aliphatic rings. The van der Waals surface area contributed by atoms with Crippen molar-refractivity contribution in [3.05, 3.63) is 29.5 Å². The number of ether oxygens (including phenoxy) is 1. The van der Waals surface area contributed by atoms with E-state index in [1.165, 1.54) is 0 Å². The number of ketones is 1. The molecule has 1 unspecified atom stereocenters. The van der Waals surface area contributed by atoms with Gasteiger partial charge < -0.3 is 9.26 Å². The zero-order chi connectivity index (χ0) is 22.0. The number of methoxy groups -OCH3 is 1. The number of phosphoric ester groups is 1. The Hall–Kier alpha value is -2.15. The van der Waals surface area contributed by atoms with E-state index in [1.807, 2.05) is 20.8 Å². The molecule has 160 valence electrons. The molecular weight excluding hydrogens is 395 g/mol. The van der Waals surface area contributed by atoms with E-state index in [0.717, 1.165) is 7.11 Å². The van der Waals surface area contributed by atoms with Crippen molar-refractivity contribution in [3.8, 4) is 5.75 Å². The van der Waals surface area contributed by atoms with Crippen LogP contribution in [0.25, 0.3) is 16.7 Å². The lowest BCUT2D eigenvalue weighted by molar-refractivity contribution is -0.128. The molecule has 0 saturated carbocycles. The molecule has 29 heavy (non-hydrogen) atoms. The molecule has 0 radical (unpaired) electrons. The van der Waals surface area contributed by atoms with Gasteiger partial charge in [-0.3, -0.25) is 18.9 Å². The Bertz CT molecular complexity index is 988. The highest BCUT2D eigenvalue weighted by Gasteiger charge is 2.29. The number of rotatable bonds is 9. The van der Waals surface area contributed by atoms with E-state index in [0.29, 0.717) is 34.3 Å². The summed E-state index contributed by atoms with van der Waals surface area (Å²) in [5.41, 5.74) is 1.16. The molecule has 0 saturated heterocycles. The molecule has 9 heteroatoms. The molecule has 0 amide bonds. The van der Waals surface area contributed by atoms with Crippen LogP contribution in [0, 0.1) is 5.41 Å². The number of allylic oxidation sites excluding steroid dienone is 1. The third-order valence-corrected chi connectivity index (χ3v) is 5.87. The van der Waals surface area contributed by atoms with Gasteiger partial charge in [0.05, 0.1) is 12.6 Å². The fraction of sp³-hybridized carbons (Fsp3) is 0.500. The van der Waals surface area contributed by atoms with Crippen LogP contribution in [0.5, 0.6) is 5.75 Å². The van der Waals surface area contributed by atoms with Crippen molar-refractivity contribution in [3.63, 3.8) is 0 Å². The number of nitrogens with zero attached hydrogens (tertiary/aromatic N) is 2. The van der Waals surface area contributed by atoms with Crippen molar-refractivity contribution in [2.75, 3.05) is 14.2 Å². The molecule has 0 aliphatic heterocycles. The van der Waals surface area contributed by atoms with Crippen molar-refractivity contribution in [2.45, 2.75) is 47.6 Å². The number of hydrogen-bond acceptors (Lipinski definition) is 6. The van der Waals surface area contributed by atoms with Crippen LogP contribution < -0.4 is 4.74 Å². The smallest absolute Gasteiger partial charge is 0.497 e. The molecule has 1 heterocycles. The minimum atomic E-state index is -4.29. The first-order valence-corrected chi connectivity index (χ1v) is 10.8. The summed E-state index contributed by atoms with van der Waals surface area (Å²) in [5.74, 6) is 0.772. The SMILES string of the molecule is CCC(C)(C)C(=O)Cn1nc(C(OP(=O)(O)OC)=C(C)C)c2ccc(OC)cc21. The van der Waals surface area contributed by atoms with E-state index in [2.05, 4.69) is 9.62 Å². The normalized spacial score (nSPS) is 13.8. The first-order chi connectivity index (χ1) is 13.5. The van der Waals surface area contributed by atoms with E-state index in [4.69, 9.17) is 9.26 Å². The highest BCUT2D eigenvalue weighted by molar-refractivity contribution is 7.47. The van der Waals surface area contributed by atoms with Crippen molar-refractivity contribution in [1.29, 1.82) is 0 Å². The maximum atomic E-state index is 12.8. The second kappa shape index (κ2) is 8.69. The Kier molecular flexibility index (Phi) is 6.93. The Balaban J connectivity index is 2.66. The highest BCUT2D eigenvalue weighted by atomic mass is 31.2. The first kappa shape index (κ1) is 23.1. The summed E-state index contributed by atoms with van der Waals surface area (Å²) in [6.45, 7) is 9.30. The van der Waals surface area contributed by atoms with Crippen LogP contribution in [-0.2, 0) is 25.0 Å². The zero-order valence-corrected chi connectivity index (χ0v) is 18.9. The number of Topliss-reactive ketones (excluding diaryl/α,β-unsaturated/α-hetero) is 1. The van der Waals surface area contributed by atoms with E-state index >= 15 is 0 Å². The number of carbonyl (C=O) groups is 1. The zero-order valence-electron chi connectivity index (χ0n) is 18.0. The summed E-state index contributed by atoms with van der Waals surface area (Å²) < 4.78 is 28.8. The molecule has 2 aromatic rings. The fourth-order valence-corrected chi connectivity index (χ4v) is 3.21. The van der Waals surface area contributed by atoms with Crippen molar-refractivity contribution in [1.82, 2.24) is 9.78 Å². The van der Waals surface area contributed by atoms with Crippen molar-refractivity contribution >= 4 is 30.3 Å². The maximum Gasteiger partial charge on any atom is 0.527 e. The summed E-state index contributed by atoms with van der Waals surface area (Å²) in [4.78, 5) is 22.6. The number of aromatic nitrogens is 2. The van der Waals surface area contributed by atoms with Crippen LogP contribution in [0.2, 0.25) is 0 Å². The summed E-state index contributed by atoms with van der Waals surface area (Å²) in [5, 5.41) is 5.23. The molecule has 0 fully saturated rings. The number of hydrogen-bond donors (Lipinski definition) is 1. The van der Waals surface area contributed by atoms with Crippen LogP contribution in [-0.4, -0.2) is 34.7 Å². The fourth-order valence-electron chi connectivity index (χ4n) is 2.64. The van der Waals surface area contributed by atoms with Gasteiger partial charge in [0.2, 0.25) is 0 Å². The van der Waals surface area contributed by atoms with E-state index in [9.17, 15) is 14.3 Å². The van der Waals surface area contributed by atoms with Crippen molar-refractivity contribution < 1.29 is 28.0 Å². The minimum Gasteiger partial charge on any atom is -0.497 e. The van der Waals surface area contributed by atoms with Gasteiger partial charge >= 0.3 is 7.82 Å². The molecule has 1 aromatic carbocycles. The van der Waals surface area contributed by atoms with E-state index in [1.54, 1.807) is 43.8 Å². The second-order valence-electron chi connectivity index (χ2n) is 7.62. The number of fused-ring (bicyclic) bond motifs is 1. The number of phosphoric acid groups is 1. The van der Waals surface area contributed by atoms with Gasteiger partial charge in [0, 0.05) is 24.0 Å². The first-order valence-electron chi connectivity index (χ1n) is 9.29. The summed E-state index contributed by atoms with van der Waals surface area (Å²) in [6.07, 6.45) is 0.699. The van der Waals surface area contributed by atoms with Crippen LogP contribution in [0.1, 0.15) is 46.7 Å². The van der Waals surface area contributed by atoms with Crippen LogP contribution in [0.3, 0.4) is 0 Å². The van der Waals surface area contributed by atoms with E-state index in [-0.39, 0.29) is 18.1 Å². The molecule has 1 aromatic heterocycles. The maximum absolute atomic E-state index is 12.8. The Labute approximate surface area is 171 Å². The molecule has 1 atom stereocenters. The predicted octanol–water partition coefficient (Wildman–Crippen LogP) is 4.56. The molecule has 1 N–H and O–H groups in total. The average Bonchev–Trinajstić information content (AvgIpc) is 3.03. The monoisotopic (exact) mass is 424 g/mol. The van der Waals surface area contributed by atoms with Crippen LogP contribution in [0.15, 0.2) is 23.8 Å². The Morgan fingerprint density at radius 2 is 1.93 bits per heavy atom. The molecular formula is C20H29N2O6P. The standard InChI is InChI=1S/C20H29N2O6P/c1-8-20(4,5)17(23)12-22-16-11-14(26-6)9-10-15(16)18(21-22)19(13(2)3)28-29(24,25)27-7/h9-11H,8,12H2,1-7H3,(H,24,25). The predicted molar refractivity (Wildman–Crippen MR) is 112 cm³/mol. The third kappa shape index (κ3) is 5.07. The van der Waals surface area contributed by atoms with Gasteiger partial charge in [0.15, 0.2) is 11.5 Å². The Morgan fingerprint density at radius 1 is 1.28 bits per heavy atom. The second-order valence-corrected chi connectivity index (χ2v) is 9.11.